The van der Waals surface area contributed by atoms with Crippen LogP contribution in [0.2, 0.25) is 0 Å². The fourth-order valence-corrected chi connectivity index (χ4v) is 4.72. The maximum atomic E-state index is 14.1. The highest BCUT2D eigenvalue weighted by molar-refractivity contribution is 5.90. The number of likely N-dealkylation sites (tertiary alicyclic amines) is 1. The third kappa shape index (κ3) is 7.13. The zero-order valence-electron chi connectivity index (χ0n) is 22.7. The van der Waals surface area contributed by atoms with E-state index in [1.165, 1.54) is 13.0 Å². The quantitative estimate of drug-likeness (QED) is 0.313. The van der Waals surface area contributed by atoms with Gasteiger partial charge in [0.2, 0.25) is 11.8 Å². The first kappa shape index (κ1) is 29.0. The molecule has 2 heterocycles. The third-order valence-corrected chi connectivity index (χ3v) is 6.72. The van der Waals surface area contributed by atoms with E-state index < -0.39 is 17.7 Å². The molecule has 12 heteroatoms. The smallest absolute Gasteiger partial charge is 0.320 e. The average molecular weight is 557 g/mol. The molecule has 1 saturated heterocycles. The fraction of sp³-hybridized carbons (Fsp3) is 0.393. The number of para-hydroxylation sites is 1. The topological polar surface area (TPSA) is 110 Å². The van der Waals surface area contributed by atoms with E-state index in [2.05, 4.69) is 25.9 Å². The summed E-state index contributed by atoms with van der Waals surface area (Å²) in [4.78, 5) is 26.6. The van der Waals surface area contributed by atoms with Crippen molar-refractivity contribution >= 4 is 17.8 Å². The van der Waals surface area contributed by atoms with E-state index in [4.69, 9.17) is 9.47 Å². The molecule has 1 unspecified atom stereocenters. The number of nitrogens with one attached hydrogen (secondary N) is 3. The minimum atomic E-state index is -0.926. The second kappa shape index (κ2) is 13.4. The number of ether oxygens (including phenoxy) is 2. The van der Waals surface area contributed by atoms with Gasteiger partial charge in [0.15, 0.2) is 11.6 Å². The van der Waals surface area contributed by atoms with Crippen LogP contribution in [0.5, 0.6) is 5.88 Å². The Morgan fingerprint density at radius 3 is 2.55 bits per heavy atom. The molecule has 40 heavy (non-hydrogen) atoms. The van der Waals surface area contributed by atoms with Crippen molar-refractivity contribution in [3.63, 3.8) is 0 Å². The van der Waals surface area contributed by atoms with Crippen molar-refractivity contribution in [2.24, 2.45) is 0 Å². The monoisotopic (exact) mass is 556 g/mol. The second-order valence-electron chi connectivity index (χ2n) is 9.59. The van der Waals surface area contributed by atoms with Gasteiger partial charge in [-0.15, -0.1) is 5.10 Å². The number of rotatable bonds is 11. The van der Waals surface area contributed by atoms with Gasteiger partial charge in [0.1, 0.15) is 12.4 Å². The summed E-state index contributed by atoms with van der Waals surface area (Å²) in [6, 6.07) is 12.3. The highest BCUT2D eigenvalue weighted by atomic mass is 19.2. The number of aromatic nitrogens is 2. The van der Waals surface area contributed by atoms with Crippen LogP contribution in [0.4, 0.5) is 19.4 Å². The van der Waals surface area contributed by atoms with Crippen molar-refractivity contribution in [1.82, 2.24) is 25.3 Å². The molecule has 1 fully saturated rings. The van der Waals surface area contributed by atoms with Crippen molar-refractivity contribution in [1.29, 1.82) is 0 Å². The maximum Gasteiger partial charge on any atom is 0.320 e. The molecule has 1 aliphatic rings. The van der Waals surface area contributed by atoms with Gasteiger partial charge in [0.05, 0.1) is 30.4 Å². The number of hydrogen-bond donors (Lipinski definition) is 3. The molecule has 3 amide bonds. The van der Waals surface area contributed by atoms with Crippen LogP contribution in [0, 0.1) is 18.6 Å². The minimum absolute atomic E-state index is 0.163. The molecule has 3 N–H and O–H groups in total. The first-order valence-electron chi connectivity index (χ1n) is 13.0. The summed E-state index contributed by atoms with van der Waals surface area (Å²) in [7, 11) is 1.61. The number of benzene rings is 2. The third-order valence-electron chi connectivity index (χ3n) is 6.72. The van der Waals surface area contributed by atoms with Crippen LogP contribution in [0.3, 0.4) is 0 Å². The van der Waals surface area contributed by atoms with Gasteiger partial charge in [-0.25, -0.2) is 18.3 Å². The standard InChI is InChI=1S/C28H34F2N6O4/c1-18-26(36(21-7-5-4-6-8-21)34-27(18)40-13-11-31-19(2)37)33-28(38)32-25-17-35(12-14-39-3)16-22(25)20-9-10-23(29)24(30)15-20/h4-10,15,22,25H,11-14,16-17H2,1-3H3,(H,31,37)(H2,32,33,38)/t22?,25-/m1/s1. The molecule has 2 aromatic carbocycles. The highest BCUT2D eigenvalue weighted by Gasteiger charge is 2.35. The summed E-state index contributed by atoms with van der Waals surface area (Å²) < 4.78 is 40.2. The van der Waals surface area contributed by atoms with E-state index in [1.807, 2.05) is 30.3 Å². The van der Waals surface area contributed by atoms with Crippen LogP contribution >= 0.6 is 0 Å². The van der Waals surface area contributed by atoms with Gasteiger partial charge in [0, 0.05) is 39.6 Å². The molecule has 1 aliphatic heterocycles. The van der Waals surface area contributed by atoms with Gasteiger partial charge in [-0.05, 0) is 36.8 Å². The largest absolute Gasteiger partial charge is 0.474 e. The number of carbonyl (C=O) groups is 2. The average Bonchev–Trinajstić information content (AvgIpc) is 3.47. The van der Waals surface area contributed by atoms with Crippen molar-refractivity contribution in [2.75, 3.05) is 51.8 Å². The Balaban J connectivity index is 1.54. The zero-order chi connectivity index (χ0) is 28.6. The van der Waals surface area contributed by atoms with E-state index in [-0.39, 0.29) is 24.5 Å². The summed E-state index contributed by atoms with van der Waals surface area (Å²) in [5.74, 6) is -1.54. The van der Waals surface area contributed by atoms with E-state index in [0.717, 1.165) is 6.07 Å². The molecule has 0 radical (unpaired) electrons. The number of halogens is 2. The van der Waals surface area contributed by atoms with Gasteiger partial charge in [-0.3, -0.25) is 15.0 Å². The maximum absolute atomic E-state index is 14.1. The summed E-state index contributed by atoms with van der Waals surface area (Å²) in [6.45, 7) is 5.91. The summed E-state index contributed by atoms with van der Waals surface area (Å²) in [5.41, 5.74) is 1.92. The van der Waals surface area contributed by atoms with E-state index in [9.17, 15) is 18.4 Å². The van der Waals surface area contributed by atoms with Gasteiger partial charge < -0.3 is 20.1 Å². The van der Waals surface area contributed by atoms with Gasteiger partial charge in [0.25, 0.3) is 0 Å². The molecule has 0 spiro atoms. The Morgan fingerprint density at radius 2 is 1.85 bits per heavy atom. The summed E-state index contributed by atoms with van der Waals surface area (Å²) in [6.07, 6.45) is 0. The van der Waals surface area contributed by atoms with Crippen LogP contribution in [-0.2, 0) is 9.53 Å². The van der Waals surface area contributed by atoms with Crippen LogP contribution < -0.4 is 20.7 Å². The molecule has 0 bridgehead atoms. The molecule has 0 aliphatic carbocycles. The molecule has 214 valence electrons. The number of carbonyl (C=O) groups excluding carboxylic acids is 2. The minimum Gasteiger partial charge on any atom is -0.474 e. The molecular formula is C28H34F2N6O4. The molecule has 4 rings (SSSR count). The normalized spacial score (nSPS) is 17.0. The first-order valence-corrected chi connectivity index (χ1v) is 13.0. The molecule has 1 aromatic heterocycles. The predicted molar refractivity (Wildman–Crippen MR) is 146 cm³/mol. The van der Waals surface area contributed by atoms with Crippen molar-refractivity contribution < 1.29 is 27.8 Å². The number of hydrogen-bond acceptors (Lipinski definition) is 6. The van der Waals surface area contributed by atoms with E-state index >= 15 is 0 Å². The van der Waals surface area contributed by atoms with Crippen molar-refractivity contribution in [2.45, 2.75) is 25.8 Å². The van der Waals surface area contributed by atoms with Crippen molar-refractivity contribution in [3.05, 3.63) is 71.3 Å². The number of anilines is 1. The Morgan fingerprint density at radius 1 is 1.07 bits per heavy atom. The predicted octanol–water partition coefficient (Wildman–Crippen LogP) is 3.21. The molecule has 10 nitrogen and oxygen atoms in total. The molecule has 3 aromatic rings. The van der Waals surface area contributed by atoms with Crippen LogP contribution in [0.1, 0.15) is 24.0 Å². The van der Waals surface area contributed by atoms with Crippen molar-refractivity contribution in [3.8, 4) is 11.6 Å². The second-order valence-corrected chi connectivity index (χ2v) is 9.59. The fourth-order valence-electron chi connectivity index (χ4n) is 4.72. The van der Waals surface area contributed by atoms with Gasteiger partial charge >= 0.3 is 6.03 Å². The highest BCUT2D eigenvalue weighted by Crippen LogP contribution is 2.30. The van der Waals surface area contributed by atoms with E-state index in [1.54, 1.807) is 24.8 Å². The van der Waals surface area contributed by atoms with Gasteiger partial charge in [-0.1, -0.05) is 24.3 Å². The Bertz CT molecular complexity index is 1320. The lowest BCUT2D eigenvalue weighted by atomic mass is 9.94. The van der Waals surface area contributed by atoms with Crippen LogP contribution in [-0.4, -0.2) is 79.2 Å². The SMILES string of the molecule is COCCN1CC(c2ccc(F)c(F)c2)[C@H](NC(=O)Nc2c(C)c(OCCNC(C)=O)nn2-c2ccccc2)C1. The first-order chi connectivity index (χ1) is 19.3. The summed E-state index contributed by atoms with van der Waals surface area (Å²) >= 11 is 0. The molecule has 0 saturated carbocycles. The van der Waals surface area contributed by atoms with Crippen LogP contribution in [0.15, 0.2) is 48.5 Å². The Labute approximate surface area is 231 Å². The molecule has 2 atom stereocenters. The Hall–Kier alpha value is -4.03. The van der Waals surface area contributed by atoms with Gasteiger partial charge in [-0.2, -0.15) is 0 Å². The van der Waals surface area contributed by atoms with Crippen LogP contribution in [0.25, 0.3) is 5.69 Å². The lowest BCUT2D eigenvalue weighted by molar-refractivity contribution is -0.119. The molecular weight excluding hydrogens is 522 g/mol. The number of methoxy groups -OCH3 is 1. The Kier molecular flexibility index (Phi) is 9.67. The zero-order valence-corrected chi connectivity index (χ0v) is 22.7. The lowest BCUT2D eigenvalue weighted by Gasteiger charge is -2.21. The van der Waals surface area contributed by atoms with E-state index in [0.29, 0.717) is 61.3 Å². The number of amides is 3. The lowest BCUT2D eigenvalue weighted by Crippen LogP contribution is -2.42. The number of urea groups is 1. The summed E-state index contributed by atoms with van der Waals surface area (Å²) in [5, 5.41) is 13.1. The number of nitrogens with zero attached hydrogens (tertiary/aromatic N) is 3.